The molecule has 0 aliphatic rings. The number of nitrogens with zero attached hydrogens (tertiary/aromatic N) is 5. The van der Waals surface area contributed by atoms with E-state index in [9.17, 15) is 0 Å². The number of amidine groups is 1. The highest BCUT2D eigenvalue weighted by atomic mass is 35.5. The lowest BCUT2D eigenvalue weighted by Crippen LogP contribution is -2.24. The zero-order chi connectivity index (χ0) is 16.5. The van der Waals surface area contributed by atoms with Gasteiger partial charge in [0.2, 0.25) is 5.89 Å². The molecule has 2 heterocycles. The molecule has 0 N–H and O–H groups in total. The molecule has 0 saturated heterocycles. The van der Waals surface area contributed by atoms with Crippen LogP contribution in [0.3, 0.4) is 0 Å². The van der Waals surface area contributed by atoms with Gasteiger partial charge in [0.1, 0.15) is 6.26 Å². The predicted octanol–water partition coefficient (Wildman–Crippen LogP) is 3.50. The van der Waals surface area contributed by atoms with E-state index < -0.39 is 0 Å². The molecule has 2 aromatic rings. The van der Waals surface area contributed by atoms with Gasteiger partial charge in [-0.2, -0.15) is 5.10 Å². The SMILES string of the molecule is C=N/N=C(/SCCCCl)N(C)Cc1coc(-c2cccnc2)n1. The lowest BCUT2D eigenvalue weighted by molar-refractivity contribution is 0.496. The summed E-state index contributed by atoms with van der Waals surface area (Å²) in [6, 6.07) is 3.75. The molecule has 2 aromatic heterocycles. The van der Waals surface area contributed by atoms with E-state index in [0.717, 1.165) is 28.6 Å². The number of pyridine rings is 1. The van der Waals surface area contributed by atoms with Crippen molar-refractivity contribution in [3.8, 4) is 11.5 Å². The fourth-order valence-corrected chi connectivity index (χ4v) is 2.97. The molecule has 0 bridgehead atoms. The van der Waals surface area contributed by atoms with E-state index in [0.29, 0.717) is 18.3 Å². The number of thioether (sulfide) groups is 1. The van der Waals surface area contributed by atoms with E-state index in [4.69, 9.17) is 16.0 Å². The lowest BCUT2D eigenvalue weighted by Gasteiger charge is -2.18. The van der Waals surface area contributed by atoms with E-state index in [-0.39, 0.29) is 0 Å². The Morgan fingerprint density at radius 1 is 1.52 bits per heavy atom. The monoisotopic (exact) mass is 351 g/mol. The van der Waals surface area contributed by atoms with Gasteiger partial charge in [0.25, 0.3) is 0 Å². The Bertz CT molecular complexity index is 646. The van der Waals surface area contributed by atoms with Crippen LogP contribution in [0.25, 0.3) is 11.5 Å². The largest absolute Gasteiger partial charge is 0.444 e. The van der Waals surface area contributed by atoms with Crippen molar-refractivity contribution in [1.82, 2.24) is 14.9 Å². The van der Waals surface area contributed by atoms with Crippen molar-refractivity contribution < 1.29 is 4.42 Å². The summed E-state index contributed by atoms with van der Waals surface area (Å²) < 4.78 is 5.51. The van der Waals surface area contributed by atoms with Crippen LogP contribution >= 0.6 is 23.4 Å². The summed E-state index contributed by atoms with van der Waals surface area (Å²) in [7, 11) is 1.93. The highest BCUT2D eigenvalue weighted by Gasteiger charge is 2.12. The Balaban J connectivity index is 2.01. The van der Waals surface area contributed by atoms with Gasteiger partial charge in [-0.05, 0) is 18.6 Å². The van der Waals surface area contributed by atoms with Crippen LogP contribution in [-0.2, 0) is 6.54 Å². The van der Waals surface area contributed by atoms with Gasteiger partial charge in [-0.3, -0.25) is 4.98 Å². The topological polar surface area (TPSA) is 66.9 Å². The predicted molar refractivity (Wildman–Crippen MR) is 96.0 cm³/mol. The first-order valence-corrected chi connectivity index (χ1v) is 8.55. The van der Waals surface area contributed by atoms with E-state index in [1.807, 2.05) is 24.1 Å². The molecular weight excluding hydrogens is 334 g/mol. The summed E-state index contributed by atoms with van der Waals surface area (Å²) in [5, 5.41) is 8.46. The summed E-state index contributed by atoms with van der Waals surface area (Å²) in [6.45, 7) is 3.98. The average Bonchev–Trinajstić information content (AvgIpc) is 3.03. The fraction of sp³-hybridized carbons (Fsp3) is 0.333. The Kier molecular flexibility index (Phi) is 7.09. The van der Waals surface area contributed by atoms with Crippen molar-refractivity contribution in [3.63, 3.8) is 0 Å². The van der Waals surface area contributed by atoms with Crippen molar-refractivity contribution in [2.24, 2.45) is 10.2 Å². The molecule has 0 aromatic carbocycles. The van der Waals surface area contributed by atoms with Crippen molar-refractivity contribution in [3.05, 3.63) is 36.5 Å². The van der Waals surface area contributed by atoms with Crippen LogP contribution in [0.4, 0.5) is 0 Å². The minimum absolute atomic E-state index is 0.552. The van der Waals surface area contributed by atoms with E-state index in [2.05, 4.69) is 26.9 Å². The van der Waals surface area contributed by atoms with Crippen molar-refractivity contribution in [2.45, 2.75) is 13.0 Å². The summed E-state index contributed by atoms with van der Waals surface area (Å²) in [5.41, 5.74) is 1.65. The maximum atomic E-state index is 5.70. The molecule has 0 fully saturated rings. The minimum atomic E-state index is 0.552. The molecule has 0 spiro atoms. The molecule has 122 valence electrons. The second kappa shape index (κ2) is 9.32. The van der Waals surface area contributed by atoms with Crippen LogP contribution in [-0.4, -0.2) is 45.4 Å². The first-order chi connectivity index (χ1) is 11.2. The summed E-state index contributed by atoms with van der Waals surface area (Å²) >= 11 is 7.29. The summed E-state index contributed by atoms with van der Waals surface area (Å²) in [5.74, 6) is 2.06. The van der Waals surface area contributed by atoms with Gasteiger partial charge in [-0.15, -0.1) is 16.7 Å². The Morgan fingerprint density at radius 3 is 3.09 bits per heavy atom. The number of aromatic nitrogens is 2. The Labute approximate surface area is 144 Å². The van der Waals surface area contributed by atoms with Crippen molar-refractivity contribution in [1.29, 1.82) is 0 Å². The number of rotatable bonds is 7. The molecule has 0 saturated carbocycles. The van der Waals surface area contributed by atoms with Gasteiger partial charge in [0, 0.05) is 37.8 Å². The zero-order valence-electron chi connectivity index (χ0n) is 12.9. The first-order valence-electron chi connectivity index (χ1n) is 7.03. The Morgan fingerprint density at radius 2 is 2.39 bits per heavy atom. The van der Waals surface area contributed by atoms with Crippen molar-refractivity contribution in [2.75, 3.05) is 18.7 Å². The van der Waals surface area contributed by atoms with Crippen LogP contribution in [0.2, 0.25) is 0 Å². The summed E-state index contributed by atoms with van der Waals surface area (Å²) in [6.07, 6.45) is 5.98. The molecule has 0 atom stereocenters. The van der Waals surface area contributed by atoms with Crippen LogP contribution in [0, 0.1) is 0 Å². The maximum absolute atomic E-state index is 5.70. The second-order valence-corrected chi connectivity index (χ2v) is 6.10. The number of hydrogen-bond acceptors (Lipinski definition) is 6. The first kappa shape index (κ1) is 17.5. The highest BCUT2D eigenvalue weighted by molar-refractivity contribution is 8.13. The Hall–Kier alpha value is -1.86. The third-order valence-corrected chi connectivity index (χ3v) is 4.26. The van der Waals surface area contributed by atoms with Gasteiger partial charge in [0.05, 0.1) is 17.8 Å². The average molecular weight is 352 g/mol. The van der Waals surface area contributed by atoms with Crippen molar-refractivity contribution >= 4 is 35.2 Å². The van der Waals surface area contributed by atoms with Gasteiger partial charge >= 0.3 is 0 Å². The lowest BCUT2D eigenvalue weighted by atomic mass is 10.3. The third-order valence-electron chi connectivity index (χ3n) is 2.85. The molecule has 0 aliphatic carbocycles. The zero-order valence-corrected chi connectivity index (χ0v) is 14.4. The van der Waals surface area contributed by atoms with Gasteiger partial charge in [-0.1, -0.05) is 11.8 Å². The van der Waals surface area contributed by atoms with E-state index in [1.54, 1.807) is 30.4 Å². The molecule has 0 unspecified atom stereocenters. The van der Waals surface area contributed by atoms with Crippen LogP contribution in [0.15, 0.2) is 45.4 Å². The molecule has 0 amide bonds. The van der Waals surface area contributed by atoms with Crippen LogP contribution in [0.1, 0.15) is 12.1 Å². The molecule has 0 aliphatic heterocycles. The second-order valence-electron chi connectivity index (χ2n) is 4.66. The van der Waals surface area contributed by atoms with Gasteiger partial charge in [-0.25, -0.2) is 4.98 Å². The molecule has 8 heteroatoms. The van der Waals surface area contributed by atoms with E-state index >= 15 is 0 Å². The normalized spacial score (nSPS) is 11.5. The van der Waals surface area contributed by atoms with E-state index in [1.165, 1.54) is 0 Å². The van der Waals surface area contributed by atoms with Gasteiger partial charge in [0.15, 0.2) is 5.17 Å². The molecule has 0 radical (unpaired) electrons. The molecule has 23 heavy (non-hydrogen) atoms. The third kappa shape index (κ3) is 5.37. The van der Waals surface area contributed by atoms with Gasteiger partial charge < -0.3 is 9.32 Å². The molecule has 2 rings (SSSR count). The molecule has 6 nitrogen and oxygen atoms in total. The number of alkyl halides is 1. The number of hydrogen-bond donors (Lipinski definition) is 0. The van der Waals surface area contributed by atoms with Crippen LogP contribution in [0.5, 0.6) is 0 Å². The number of halogens is 1. The quantitative estimate of drug-likeness (QED) is 0.251. The minimum Gasteiger partial charge on any atom is -0.444 e. The smallest absolute Gasteiger partial charge is 0.227 e. The maximum Gasteiger partial charge on any atom is 0.227 e. The molecular formula is C15H18ClN5OS. The summed E-state index contributed by atoms with van der Waals surface area (Å²) in [4.78, 5) is 10.5. The van der Waals surface area contributed by atoms with Crippen LogP contribution < -0.4 is 0 Å². The standard InChI is InChI=1S/C15H18ClN5OS/c1-17-20-15(23-8-4-6-16)21(2)10-13-11-22-14(19-13)12-5-3-7-18-9-12/h3,5,7,9,11H,1,4,6,8,10H2,2H3/b20-15+. The highest BCUT2D eigenvalue weighted by Crippen LogP contribution is 2.19. The number of oxazole rings is 1. The fourth-order valence-electron chi connectivity index (χ4n) is 1.81.